The Kier molecular flexibility index (Phi) is 5.52. The highest BCUT2D eigenvalue weighted by atomic mass is 32.2. The molecule has 3 heterocycles. The summed E-state index contributed by atoms with van der Waals surface area (Å²) in [6.45, 7) is 3.16. The normalized spacial score (nSPS) is 30.3. The molecule has 0 aromatic heterocycles. The molecule has 0 radical (unpaired) electrons. The van der Waals surface area contributed by atoms with Crippen molar-refractivity contribution in [3.8, 4) is 12.1 Å². The molecular formula is C22H23FN5O3S+. The van der Waals surface area contributed by atoms with Gasteiger partial charge in [0.1, 0.15) is 17.2 Å². The number of methoxy groups -OCH3 is 1. The summed E-state index contributed by atoms with van der Waals surface area (Å²) < 4.78 is 23.9. The molecule has 1 aromatic carbocycles. The molecule has 3 aliphatic heterocycles. The van der Waals surface area contributed by atoms with Crippen LogP contribution in [0.15, 0.2) is 16.0 Å². The Balaban J connectivity index is 1.64. The number of carbonyl (C=O) groups excluding carboxylic acids is 1. The number of halogens is 1. The standard InChI is InChI=1S/C22H23FN5O3S/c1-31-22-16(12-2-3-12)17-18-13(19(29)20(30)15(11-25)26-18)10-14(23)21(17)32(22)28-8-6-27(5-4-24)7-9-28/h10,12,16,20,22,30H,2-3,5-9H2,1H3/q+1. The molecule has 4 unspecified atom stereocenters. The number of benzene rings is 1. The Morgan fingerprint density at radius 2 is 2.03 bits per heavy atom. The van der Waals surface area contributed by atoms with Gasteiger partial charge in [0.15, 0.2) is 23.4 Å². The van der Waals surface area contributed by atoms with Gasteiger partial charge >= 0.3 is 0 Å². The van der Waals surface area contributed by atoms with E-state index in [1.165, 1.54) is 6.07 Å². The number of aliphatic hydroxyl groups excluding tert-OH is 1. The number of ether oxygens (including phenoxy) is 1. The molecule has 4 aliphatic rings. The van der Waals surface area contributed by atoms with Crippen molar-refractivity contribution in [1.82, 2.24) is 9.21 Å². The van der Waals surface area contributed by atoms with E-state index in [1.807, 2.05) is 6.07 Å². The van der Waals surface area contributed by atoms with Crippen LogP contribution in [-0.2, 0) is 15.8 Å². The van der Waals surface area contributed by atoms with Crippen molar-refractivity contribution in [3.05, 3.63) is 23.0 Å². The van der Waals surface area contributed by atoms with Crippen LogP contribution in [0.1, 0.15) is 34.7 Å². The van der Waals surface area contributed by atoms with Gasteiger partial charge in [0.25, 0.3) is 5.44 Å². The largest absolute Gasteiger partial charge is 0.378 e. The third kappa shape index (κ3) is 3.26. The fourth-order valence-electron chi connectivity index (χ4n) is 5.01. The lowest BCUT2D eigenvalue weighted by Crippen LogP contribution is -2.51. The Labute approximate surface area is 188 Å². The minimum absolute atomic E-state index is 0.0394. The van der Waals surface area contributed by atoms with E-state index in [4.69, 9.17) is 10.00 Å². The molecule has 166 valence electrons. The number of rotatable bonds is 4. The average Bonchev–Trinajstić information content (AvgIpc) is 3.58. The quantitative estimate of drug-likeness (QED) is 0.539. The molecule has 5 rings (SSSR count). The first-order valence-electron chi connectivity index (χ1n) is 10.7. The third-order valence-electron chi connectivity index (χ3n) is 6.68. The molecule has 1 aromatic rings. The summed E-state index contributed by atoms with van der Waals surface area (Å²) in [5, 5.41) is 28.5. The molecule has 1 saturated heterocycles. The van der Waals surface area contributed by atoms with Crippen LogP contribution in [0.2, 0.25) is 0 Å². The smallest absolute Gasteiger partial charge is 0.250 e. The number of carbonyl (C=O) groups is 1. The lowest BCUT2D eigenvalue weighted by molar-refractivity contribution is 0.0842. The molecule has 2 fully saturated rings. The summed E-state index contributed by atoms with van der Waals surface area (Å²) >= 11 is -0.698. The van der Waals surface area contributed by atoms with Crippen LogP contribution < -0.4 is 0 Å². The number of ketones is 1. The van der Waals surface area contributed by atoms with Crippen LogP contribution in [0.3, 0.4) is 0 Å². The molecule has 1 N–H and O–H groups in total. The molecule has 10 heteroatoms. The predicted octanol–water partition coefficient (Wildman–Crippen LogP) is 1.49. The van der Waals surface area contributed by atoms with Gasteiger partial charge in [0.2, 0.25) is 4.90 Å². The zero-order chi connectivity index (χ0) is 22.6. The topological polar surface area (TPSA) is 113 Å². The molecule has 0 bridgehead atoms. The Hall–Kier alpha value is -2.34. The van der Waals surface area contributed by atoms with Crippen molar-refractivity contribution in [2.45, 2.75) is 35.2 Å². The maximum atomic E-state index is 15.7. The molecule has 1 aliphatic carbocycles. The van der Waals surface area contributed by atoms with Crippen molar-refractivity contribution in [3.63, 3.8) is 0 Å². The minimum Gasteiger partial charge on any atom is -0.378 e. The average molecular weight is 457 g/mol. The van der Waals surface area contributed by atoms with Gasteiger partial charge in [0.05, 0.1) is 42.9 Å². The lowest BCUT2D eigenvalue weighted by Gasteiger charge is -2.32. The number of fused-ring (bicyclic) bond motifs is 3. The molecule has 4 atom stereocenters. The van der Waals surface area contributed by atoms with Crippen LogP contribution in [-0.4, -0.2) is 77.2 Å². The highest BCUT2D eigenvalue weighted by molar-refractivity contribution is 7.95. The maximum Gasteiger partial charge on any atom is 0.250 e. The Bertz CT molecular complexity index is 1080. The van der Waals surface area contributed by atoms with Crippen molar-refractivity contribution in [1.29, 1.82) is 10.5 Å². The second-order valence-corrected chi connectivity index (χ2v) is 10.5. The Morgan fingerprint density at radius 3 is 2.62 bits per heavy atom. The van der Waals surface area contributed by atoms with Gasteiger partial charge in [-0.2, -0.15) is 10.5 Å². The van der Waals surface area contributed by atoms with Crippen LogP contribution >= 0.6 is 0 Å². The Morgan fingerprint density at radius 1 is 1.31 bits per heavy atom. The van der Waals surface area contributed by atoms with Gasteiger partial charge in [-0.3, -0.25) is 9.69 Å². The lowest BCUT2D eigenvalue weighted by atomic mass is 9.87. The summed E-state index contributed by atoms with van der Waals surface area (Å²) in [5.41, 5.74) is 0.508. The fraction of sp³-hybridized carbons (Fsp3) is 0.545. The molecule has 1 saturated carbocycles. The van der Waals surface area contributed by atoms with E-state index < -0.39 is 28.8 Å². The highest BCUT2D eigenvalue weighted by Crippen LogP contribution is 2.58. The highest BCUT2D eigenvalue weighted by Gasteiger charge is 2.61. The van der Waals surface area contributed by atoms with Crippen molar-refractivity contribution in [2.24, 2.45) is 10.9 Å². The van der Waals surface area contributed by atoms with E-state index in [-0.39, 0.29) is 22.6 Å². The second-order valence-electron chi connectivity index (χ2n) is 8.52. The van der Waals surface area contributed by atoms with E-state index >= 15 is 4.39 Å². The molecule has 32 heavy (non-hydrogen) atoms. The zero-order valence-corrected chi connectivity index (χ0v) is 18.4. The second kappa shape index (κ2) is 8.22. The first-order valence-corrected chi connectivity index (χ1v) is 11.9. The van der Waals surface area contributed by atoms with E-state index in [9.17, 15) is 15.2 Å². The third-order valence-corrected chi connectivity index (χ3v) is 9.36. The summed E-state index contributed by atoms with van der Waals surface area (Å²) in [5.74, 6) is -0.979. The maximum absolute atomic E-state index is 15.7. The minimum atomic E-state index is -1.66. The predicted molar refractivity (Wildman–Crippen MR) is 115 cm³/mol. The van der Waals surface area contributed by atoms with Crippen molar-refractivity contribution >= 4 is 28.3 Å². The van der Waals surface area contributed by atoms with E-state index in [2.05, 4.69) is 20.3 Å². The van der Waals surface area contributed by atoms with Crippen molar-refractivity contribution < 1.29 is 19.0 Å². The fourth-order valence-corrected chi connectivity index (χ4v) is 7.89. The zero-order valence-electron chi connectivity index (χ0n) is 17.6. The summed E-state index contributed by atoms with van der Waals surface area (Å²) in [6, 6.07) is 5.17. The monoisotopic (exact) mass is 456 g/mol. The van der Waals surface area contributed by atoms with E-state index in [0.29, 0.717) is 54.8 Å². The molecule has 0 amide bonds. The number of Topliss-reactive ketones (excluding diaryl/α,β-unsaturated/α-hetero) is 1. The molecule has 8 nitrogen and oxygen atoms in total. The van der Waals surface area contributed by atoms with Gasteiger partial charge in [-0.15, -0.1) is 4.31 Å². The number of piperazine rings is 1. The summed E-state index contributed by atoms with van der Waals surface area (Å²) in [6.07, 6.45) is 0.331. The number of aliphatic hydroxyl groups is 1. The number of hydrogen-bond acceptors (Lipinski definition) is 8. The van der Waals surface area contributed by atoms with Gasteiger partial charge in [0, 0.05) is 25.8 Å². The number of hydrogen-bond donors (Lipinski definition) is 1. The summed E-state index contributed by atoms with van der Waals surface area (Å²) in [4.78, 5) is 19.7. The number of nitrogens with zero attached hydrogens (tertiary/aromatic N) is 5. The van der Waals surface area contributed by atoms with Gasteiger partial charge in [-0.05, 0) is 24.8 Å². The van der Waals surface area contributed by atoms with Crippen molar-refractivity contribution in [2.75, 3.05) is 39.8 Å². The van der Waals surface area contributed by atoms with Crippen LogP contribution in [0.25, 0.3) is 0 Å². The van der Waals surface area contributed by atoms with Gasteiger partial charge in [-0.25, -0.2) is 9.38 Å². The van der Waals surface area contributed by atoms with E-state index in [0.717, 1.165) is 12.8 Å². The van der Waals surface area contributed by atoms with E-state index in [1.54, 1.807) is 7.11 Å². The van der Waals surface area contributed by atoms with Gasteiger partial charge < -0.3 is 9.84 Å². The molecular weight excluding hydrogens is 433 g/mol. The van der Waals surface area contributed by atoms with Crippen LogP contribution in [0.4, 0.5) is 10.1 Å². The van der Waals surface area contributed by atoms with Crippen LogP contribution in [0, 0.1) is 34.4 Å². The first-order chi connectivity index (χ1) is 15.5. The van der Waals surface area contributed by atoms with Gasteiger partial charge in [-0.1, -0.05) is 0 Å². The number of aliphatic imine (C=N–C) groups is 1. The molecule has 0 spiro atoms. The summed E-state index contributed by atoms with van der Waals surface area (Å²) in [7, 11) is 1.64. The van der Waals surface area contributed by atoms with Crippen LogP contribution in [0.5, 0.6) is 0 Å². The SMILES string of the molecule is COC1C(C2CC2)c2c3c(cc(F)c2[S+]1N1CCN(CC#N)CC1)C(=O)C(O)C(C#N)=N3. The number of nitriles is 2. The first kappa shape index (κ1) is 21.5.